The van der Waals surface area contributed by atoms with E-state index in [1.165, 1.54) is 12.3 Å². The van der Waals surface area contributed by atoms with Gasteiger partial charge in [-0.05, 0) is 48.5 Å². The van der Waals surface area contributed by atoms with Crippen molar-refractivity contribution in [2.75, 3.05) is 17.2 Å². The highest BCUT2D eigenvalue weighted by molar-refractivity contribution is 6.02. The molecule has 0 unspecified atom stereocenters. The zero-order valence-corrected chi connectivity index (χ0v) is 13.9. The van der Waals surface area contributed by atoms with E-state index in [1.54, 1.807) is 36.4 Å². The van der Waals surface area contributed by atoms with E-state index in [1.807, 2.05) is 0 Å². The molecule has 138 valence electrons. The monoisotopic (exact) mass is 372 g/mol. The van der Waals surface area contributed by atoms with E-state index in [2.05, 4.69) is 10.6 Å². The first-order valence-corrected chi connectivity index (χ1v) is 7.84. The van der Waals surface area contributed by atoms with Crippen molar-refractivity contribution in [3.05, 3.63) is 78.3 Å². The summed E-state index contributed by atoms with van der Waals surface area (Å²) in [7, 11) is 0. The minimum absolute atomic E-state index is 0.124. The van der Waals surface area contributed by atoms with E-state index < -0.39 is 17.5 Å². The molecule has 0 aliphatic rings. The van der Waals surface area contributed by atoms with Crippen molar-refractivity contribution >= 4 is 23.2 Å². The fourth-order valence-corrected chi connectivity index (χ4v) is 2.15. The molecule has 0 radical (unpaired) electrons. The Balaban J connectivity index is 1.50. The van der Waals surface area contributed by atoms with Crippen LogP contribution in [0.4, 0.5) is 20.2 Å². The van der Waals surface area contributed by atoms with Gasteiger partial charge in [-0.25, -0.2) is 8.78 Å². The van der Waals surface area contributed by atoms with Gasteiger partial charge in [0.15, 0.2) is 24.0 Å². The van der Waals surface area contributed by atoms with Crippen LogP contribution in [0.25, 0.3) is 0 Å². The van der Waals surface area contributed by atoms with Crippen molar-refractivity contribution < 1.29 is 27.5 Å². The molecule has 8 heteroatoms. The second-order valence-electron chi connectivity index (χ2n) is 5.42. The Morgan fingerprint density at radius 1 is 0.926 bits per heavy atom. The van der Waals surface area contributed by atoms with Gasteiger partial charge in [0.1, 0.15) is 5.75 Å². The van der Waals surface area contributed by atoms with Crippen LogP contribution in [-0.4, -0.2) is 18.4 Å². The molecular formula is C19H14F2N2O4. The molecule has 0 atom stereocenters. The van der Waals surface area contributed by atoms with Crippen molar-refractivity contribution in [2.45, 2.75) is 0 Å². The van der Waals surface area contributed by atoms with Crippen molar-refractivity contribution in [1.29, 1.82) is 0 Å². The van der Waals surface area contributed by atoms with Gasteiger partial charge in [0.2, 0.25) is 0 Å². The molecule has 2 aromatic carbocycles. The van der Waals surface area contributed by atoms with Crippen molar-refractivity contribution in [1.82, 2.24) is 0 Å². The van der Waals surface area contributed by atoms with Crippen LogP contribution in [0.3, 0.4) is 0 Å². The number of nitrogens with one attached hydrogen (secondary N) is 2. The smallest absolute Gasteiger partial charge is 0.291 e. The fraction of sp³-hybridized carbons (Fsp3) is 0.0526. The van der Waals surface area contributed by atoms with Crippen LogP contribution in [0.2, 0.25) is 0 Å². The van der Waals surface area contributed by atoms with Gasteiger partial charge in [-0.2, -0.15) is 0 Å². The Morgan fingerprint density at radius 3 is 2.33 bits per heavy atom. The lowest BCUT2D eigenvalue weighted by atomic mass is 10.3. The van der Waals surface area contributed by atoms with Gasteiger partial charge >= 0.3 is 0 Å². The molecule has 0 spiro atoms. The lowest BCUT2D eigenvalue weighted by Gasteiger charge is -2.09. The summed E-state index contributed by atoms with van der Waals surface area (Å²) in [6, 6.07) is 12.5. The van der Waals surface area contributed by atoms with Gasteiger partial charge in [0, 0.05) is 17.4 Å². The zero-order valence-electron chi connectivity index (χ0n) is 13.9. The number of ether oxygens (including phenoxy) is 1. The maximum atomic E-state index is 13.1. The van der Waals surface area contributed by atoms with E-state index in [0.29, 0.717) is 11.4 Å². The zero-order chi connectivity index (χ0) is 19.2. The first kappa shape index (κ1) is 18.1. The molecule has 1 heterocycles. The largest absolute Gasteiger partial charge is 0.484 e. The average Bonchev–Trinajstić information content (AvgIpc) is 3.19. The SMILES string of the molecule is O=C(COc1ccc(NC(=O)c2ccco2)cc1)Nc1ccc(F)c(F)c1. The quantitative estimate of drug-likeness (QED) is 0.689. The average molecular weight is 372 g/mol. The lowest BCUT2D eigenvalue weighted by Crippen LogP contribution is -2.20. The summed E-state index contributed by atoms with van der Waals surface area (Å²) >= 11 is 0. The minimum Gasteiger partial charge on any atom is -0.484 e. The minimum atomic E-state index is -1.05. The van der Waals surface area contributed by atoms with Crippen molar-refractivity contribution in [3.63, 3.8) is 0 Å². The van der Waals surface area contributed by atoms with E-state index >= 15 is 0 Å². The first-order valence-electron chi connectivity index (χ1n) is 7.84. The number of furan rings is 1. The number of amides is 2. The third-order valence-corrected chi connectivity index (χ3v) is 3.43. The Bertz CT molecular complexity index is 941. The highest BCUT2D eigenvalue weighted by Gasteiger charge is 2.09. The molecule has 3 rings (SSSR count). The van der Waals surface area contributed by atoms with Gasteiger partial charge in [0.25, 0.3) is 11.8 Å². The normalized spacial score (nSPS) is 10.3. The van der Waals surface area contributed by atoms with Crippen molar-refractivity contribution in [2.24, 2.45) is 0 Å². The lowest BCUT2D eigenvalue weighted by molar-refractivity contribution is -0.118. The number of carbonyl (C=O) groups excluding carboxylic acids is 2. The summed E-state index contributed by atoms with van der Waals surface area (Å²) in [6.07, 6.45) is 1.40. The molecule has 2 N–H and O–H groups in total. The van der Waals surface area contributed by atoms with Gasteiger partial charge in [0.05, 0.1) is 6.26 Å². The summed E-state index contributed by atoms with van der Waals surface area (Å²) < 4.78 is 36.3. The highest BCUT2D eigenvalue weighted by Crippen LogP contribution is 2.17. The first-order chi connectivity index (χ1) is 13.0. The molecule has 0 aliphatic heterocycles. The van der Waals surface area contributed by atoms with E-state index in [-0.39, 0.29) is 24.0 Å². The third-order valence-electron chi connectivity index (χ3n) is 3.43. The molecule has 0 bridgehead atoms. The third kappa shape index (κ3) is 4.91. The summed E-state index contributed by atoms with van der Waals surface area (Å²) in [6.45, 7) is -0.322. The molecule has 0 aliphatic carbocycles. The highest BCUT2D eigenvalue weighted by atomic mass is 19.2. The summed E-state index contributed by atoms with van der Waals surface area (Å²) in [5, 5.41) is 5.04. The van der Waals surface area contributed by atoms with E-state index in [9.17, 15) is 18.4 Å². The van der Waals surface area contributed by atoms with Gasteiger partial charge < -0.3 is 19.8 Å². The van der Waals surface area contributed by atoms with Crippen LogP contribution in [0.15, 0.2) is 65.3 Å². The predicted molar refractivity (Wildman–Crippen MR) is 93.6 cm³/mol. The van der Waals surface area contributed by atoms with E-state index in [4.69, 9.17) is 9.15 Å². The van der Waals surface area contributed by atoms with Crippen LogP contribution in [0.1, 0.15) is 10.6 Å². The van der Waals surface area contributed by atoms with Gasteiger partial charge in [-0.3, -0.25) is 9.59 Å². The van der Waals surface area contributed by atoms with Crippen LogP contribution < -0.4 is 15.4 Å². The Morgan fingerprint density at radius 2 is 1.67 bits per heavy atom. The van der Waals surface area contributed by atoms with Gasteiger partial charge in [-0.15, -0.1) is 0 Å². The van der Waals surface area contributed by atoms with Crippen molar-refractivity contribution in [3.8, 4) is 5.75 Å². The number of hydrogen-bond donors (Lipinski definition) is 2. The Kier molecular flexibility index (Phi) is 5.46. The number of benzene rings is 2. The maximum Gasteiger partial charge on any atom is 0.291 e. The molecule has 6 nitrogen and oxygen atoms in total. The standard InChI is InChI=1S/C19H14F2N2O4/c20-15-8-5-13(10-16(15)21)22-18(24)11-27-14-6-3-12(4-7-14)23-19(25)17-2-1-9-26-17/h1-10H,11H2,(H,22,24)(H,23,25). The number of hydrogen-bond acceptors (Lipinski definition) is 4. The fourth-order valence-electron chi connectivity index (χ4n) is 2.15. The van der Waals surface area contributed by atoms with E-state index in [0.717, 1.165) is 12.1 Å². The van der Waals surface area contributed by atoms with Crippen LogP contribution >= 0.6 is 0 Å². The Hall–Kier alpha value is -3.68. The maximum absolute atomic E-state index is 13.1. The summed E-state index contributed by atoms with van der Waals surface area (Å²) in [4.78, 5) is 23.7. The molecule has 27 heavy (non-hydrogen) atoms. The molecule has 0 saturated heterocycles. The summed E-state index contributed by atoms with van der Waals surface area (Å²) in [5.74, 6) is -2.39. The molecule has 0 fully saturated rings. The summed E-state index contributed by atoms with van der Waals surface area (Å²) in [5.41, 5.74) is 0.647. The topological polar surface area (TPSA) is 80.6 Å². The number of carbonyl (C=O) groups is 2. The van der Waals surface area contributed by atoms with Crippen LogP contribution in [0, 0.1) is 11.6 Å². The van der Waals surface area contributed by atoms with Crippen LogP contribution in [-0.2, 0) is 4.79 Å². The molecular weight excluding hydrogens is 358 g/mol. The number of anilines is 2. The molecule has 3 aromatic rings. The second-order valence-corrected chi connectivity index (χ2v) is 5.42. The second kappa shape index (κ2) is 8.13. The number of halogens is 2. The van der Waals surface area contributed by atoms with Gasteiger partial charge in [-0.1, -0.05) is 0 Å². The van der Waals surface area contributed by atoms with Crippen LogP contribution in [0.5, 0.6) is 5.75 Å². The predicted octanol–water partition coefficient (Wildman–Crippen LogP) is 3.83. The molecule has 1 aromatic heterocycles. The molecule has 2 amide bonds. The molecule has 0 saturated carbocycles. The number of rotatable bonds is 6. The Labute approximate surface area is 152 Å².